The quantitative estimate of drug-likeness (QED) is 0.668. The van der Waals surface area contributed by atoms with E-state index in [2.05, 4.69) is 15.5 Å². The van der Waals surface area contributed by atoms with Crippen molar-refractivity contribution in [2.75, 3.05) is 18.5 Å². The Kier molecular flexibility index (Phi) is 5.47. The van der Waals surface area contributed by atoms with Gasteiger partial charge in [0.15, 0.2) is 0 Å². The van der Waals surface area contributed by atoms with Crippen molar-refractivity contribution >= 4 is 17.3 Å². The Morgan fingerprint density at radius 3 is 2.76 bits per heavy atom. The summed E-state index contributed by atoms with van der Waals surface area (Å²) in [7, 11) is 0. The second-order valence-electron chi connectivity index (χ2n) is 5.08. The molecule has 0 saturated heterocycles. The van der Waals surface area contributed by atoms with Gasteiger partial charge >= 0.3 is 0 Å². The summed E-state index contributed by atoms with van der Waals surface area (Å²) in [6.45, 7) is 0.144. The molecule has 130 valence electrons. The summed E-state index contributed by atoms with van der Waals surface area (Å²) in [5, 5.41) is 16.4. The van der Waals surface area contributed by atoms with Crippen molar-refractivity contribution in [3.63, 3.8) is 0 Å². The number of nitrogens with one attached hydrogen (secondary N) is 1. The highest BCUT2D eigenvalue weighted by Crippen LogP contribution is 2.26. The van der Waals surface area contributed by atoms with Crippen LogP contribution in [-0.2, 0) is 6.54 Å². The fourth-order valence-corrected chi connectivity index (χ4v) is 2.26. The maximum Gasteiger partial charge on any atom is 0.246 e. The van der Waals surface area contributed by atoms with Crippen molar-refractivity contribution < 1.29 is 18.8 Å². The van der Waals surface area contributed by atoms with Gasteiger partial charge in [-0.1, -0.05) is 16.8 Å². The fourth-order valence-electron chi connectivity index (χ4n) is 2.13. The van der Waals surface area contributed by atoms with Gasteiger partial charge in [0, 0.05) is 16.7 Å². The molecule has 0 unspecified atom stereocenters. The van der Waals surface area contributed by atoms with E-state index in [4.69, 9.17) is 26.0 Å². The molecule has 0 amide bonds. The first-order valence-corrected chi connectivity index (χ1v) is 7.89. The van der Waals surface area contributed by atoms with Gasteiger partial charge in [0.25, 0.3) is 0 Å². The largest absolute Gasteiger partial charge is 0.489 e. The minimum atomic E-state index is -0.429. The highest BCUT2D eigenvalue weighted by Gasteiger charge is 2.10. The lowest BCUT2D eigenvalue weighted by Crippen LogP contribution is -2.06. The number of nitrogens with zero attached hydrogens (tertiary/aromatic N) is 2. The molecule has 0 aliphatic rings. The first-order valence-electron chi connectivity index (χ1n) is 7.51. The molecule has 0 spiro atoms. The maximum absolute atomic E-state index is 13.3. The van der Waals surface area contributed by atoms with Crippen LogP contribution in [0.2, 0.25) is 5.02 Å². The number of aliphatic hydroxyl groups excluding tert-OH is 1. The molecule has 0 atom stereocenters. The lowest BCUT2D eigenvalue weighted by atomic mass is 10.2. The molecule has 2 aromatic carbocycles. The van der Waals surface area contributed by atoms with Crippen molar-refractivity contribution in [2.24, 2.45) is 0 Å². The zero-order valence-electron chi connectivity index (χ0n) is 13.1. The van der Waals surface area contributed by atoms with Crippen LogP contribution in [0, 0.1) is 5.82 Å². The Morgan fingerprint density at radius 1 is 1.20 bits per heavy atom. The summed E-state index contributed by atoms with van der Waals surface area (Å²) in [5.41, 5.74) is 1.34. The second-order valence-corrected chi connectivity index (χ2v) is 5.52. The van der Waals surface area contributed by atoms with Gasteiger partial charge in [-0.15, -0.1) is 0 Å². The third-order valence-electron chi connectivity index (χ3n) is 3.29. The normalized spacial score (nSPS) is 10.7. The molecular weight excluding hydrogens is 349 g/mol. The van der Waals surface area contributed by atoms with Gasteiger partial charge in [0.2, 0.25) is 11.7 Å². The maximum atomic E-state index is 13.3. The molecule has 0 radical (unpaired) electrons. The Morgan fingerprint density at radius 2 is 2.00 bits per heavy atom. The summed E-state index contributed by atoms with van der Waals surface area (Å²) in [6, 6.07) is 11.2. The molecule has 2 N–H and O–H groups in total. The van der Waals surface area contributed by atoms with Gasteiger partial charge in [-0.2, -0.15) is 4.98 Å². The van der Waals surface area contributed by atoms with Crippen molar-refractivity contribution in [1.82, 2.24) is 10.1 Å². The zero-order chi connectivity index (χ0) is 17.6. The van der Waals surface area contributed by atoms with Gasteiger partial charge in [-0.25, -0.2) is 4.39 Å². The van der Waals surface area contributed by atoms with Gasteiger partial charge in [0.1, 0.15) is 18.2 Å². The van der Waals surface area contributed by atoms with Crippen LogP contribution in [-0.4, -0.2) is 28.5 Å². The molecule has 3 rings (SSSR count). The van der Waals surface area contributed by atoms with E-state index in [1.54, 1.807) is 30.3 Å². The lowest BCUT2D eigenvalue weighted by molar-refractivity contribution is 0.201. The molecule has 0 fully saturated rings. The van der Waals surface area contributed by atoms with Crippen LogP contribution in [0.3, 0.4) is 0 Å². The number of rotatable bonds is 7. The first kappa shape index (κ1) is 17.2. The van der Waals surface area contributed by atoms with Crippen molar-refractivity contribution in [3.05, 3.63) is 59.2 Å². The number of hydrogen-bond acceptors (Lipinski definition) is 6. The minimum absolute atomic E-state index is 0.0689. The third kappa shape index (κ3) is 4.46. The summed E-state index contributed by atoms with van der Waals surface area (Å²) < 4.78 is 23.9. The molecule has 0 aliphatic carbocycles. The van der Waals surface area contributed by atoms with Crippen LogP contribution < -0.4 is 10.1 Å². The summed E-state index contributed by atoms with van der Waals surface area (Å²) in [4.78, 5) is 4.30. The van der Waals surface area contributed by atoms with Crippen LogP contribution in [0.4, 0.5) is 10.1 Å². The van der Waals surface area contributed by atoms with E-state index >= 15 is 0 Å². The number of benzene rings is 2. The van der Waals surface area contributed by atoms with Gasteiger partial charge in [-0.05, 0) is 36.4 Å². The van der Waals surface area contributed by atoms with Crippen LogP contribution in [0.1, 0.15) is 5.89 Å². The zero-order valence-corrected chi connectivity index (χ0v) is 13.8. The Balaban J connectivity index is 1.69. The van der Waals surface area contributed by atoms with E-state index < -0.39 is 5.82 Å². The third-order valence-corrected chi connectivity index (χ3v) is 3.55. The number of ether oxygens (including phenoxy) is 1. The Hall–Kier alpha value is -2.64. The van der Waals surface area contributed by atoms with E-state index in [0.29, 0.717) is 28.2 Å². The van der Waals surface area contributed by atoms with Crippen LogP contribution in [0.15, 0.2) is 47.0 Å². The molecule has 0 aliphatic heterocycles. The predicted molar refractivity (Wildman–Crippen MR) is 91.1 cm³/mol. The molecular formula is C17H15ClFN3O3. The van der Waals surface area contributed by atoms with E-state index in [9.17, 15) is 4.39 Å². The minimum Gasteiger partial charge on any atom is -0.489 e. The fraction of sp³-hybridized carbons (Fsp3) is 0.176. The van der Waals surface area contributed by atoms with E-state index in [0.717, 1.165) is 5.56 Å². The van der Waals surface area contributed by atoms with Crippen LogP contribution in [0.5, 0.6) is 5.75 Å². The molecule has 0 bridgehead atoms. The van der Waals surface area contributed by atoms with Crippen LogP contribution in [0.25, 0.3) is 11.4 Å². The molecule has 3 aromatic rings. The monoisotopic (exact) mass is 363 g/mol. The van der Waals surface area contributed by atoms with Gasteiger partial charge in [0.05, 0.1) is 18.8 Å². The lowest BCUT2D eigenvalue weighted by Gasteiger charge is -2.11. The number of anilines is 1. The Bertz CT molecular complexity index is 839. The molecule has 25 heavy (non-hydrogen) atoms. The number of hydrogen-bond donors (Lipinski definition) is 2. The average Bonchev–Trinajstić information content (AvgIpc) is 3.08. The van der Waals surface area contributed by atoms with E-state index in [1.165, 1.54) is 12.1 Å². The van der Waals surface area contributed by atoms with Crippen molar-refractivity contribution in [2.45, 2.75) is 6.54 Å². The predicted octanol–water partition coefficient (Wildman–Crippen LogP) is 3.51. The molecule has 8 heteroatoms. The highest BCUT2D eigenvalue weighted by atomic mass is 35.5. The molecule has 1 heterocycles. The second kappa shape index (κ2) is 7.96. The van der Waals surface area contributed by atoms with Gasteiger partial charge in [-0.3, -0.25) is 0 Å². The van der Waals surface area contributed by atoms with Crippen molar-refractivity contribution in [1.29, 1.82) is 0 Å². The first-order chi connectivity index (χ1) is 12.2. The van der Waals surface area contributed by atoms with E-state index in [1.807, 2.05) is 0 Å². The van der Waals surface area contributed by atoms with E-state index in [-0.39, 0.29) is 19.8 Å². The highest BCUT2D eigenvalue weighted by molar-refractivity contribution is 6.30. The standard InChI is InChI=1S/C17H15ClFN3O3/c18-12-3-1-11(2-4-12)17-21-16(25-22-17)10-20-14-6-5-13(19)9-15(14)24-8-7-23/h1-6,9,20,23H,7-8,10H2. The number of halogens is 2. The average molecular weight is 364 g/mol. The smallest absolute Gasteiger partial charge is 0.246 e. The van der Waals surface area contributed by atoms with Gasteiger partial charge < -0.3 is 19.7 Å². The topological polar surface area (TPSA) is 80.4 Å². The van der Waals surface area contributed by atoms with Crippen molar-refractivity contribution in [3.8, 4) is 17.1 Å². The van der Waals surface area contributed by atoms with Crippen LogP contribution >= 0.6 is 11.6 Å². The molecule has 0 saturated carbocycles. The summed E-state index contributed by atoms with van der Waals surface area (Å²) >= 11 is 5.86. The summed E-state index contributed by atoms with van der Waals surface area (Å²) in [5.74, 6) is 0.680. The molecule has 6 nitrogen and oxygen atoms in total. The number of aromatic nitrogens is 2. The SMILES string of the molecule is OCCOc1cc(F)ccc1NCc1nc(-c2ccc(Cl)cc2)no1. The Labute approximate surface area is 148 Å². The summed E-state index contributed by atoms with van der Waals surface area (Å²) in [6.07, 6.45) is 0. The number of aliphatic hydroxyl groups is 1. The molecule has 1 aromatic heterocycles.